The molecule has 1 fully saturated rings. The summed E-state index contributed by atoms with van der Waals surface area (Å²) < 4.78 is 1.97. The smallest absolute Gasteiger partial charge is 0.0692 e. The molecule has 1 heterocycles. The maximum absolute atomic E-state index is 9.66. The predicted molar refractivity (Wildman–Crippen MR) is 58.3 cm³/mol. The van der Waals surface area contributed by atoms with Crippen molar-refractivity contribution in [2.75, 3.05) is 6.54 Å². The summed E-state index contributed by atoms with van der Waals surface area (Å²) in [5.41, 5.74) is 1.18. The zero-order valence-electron chi connectivity index (χ0n) is 9.19. The van der Waals surface area contributed by atoms with Gasteiger partial charge in [-0.15, -0.1) is 0 Å². The van der Waals surface area contributed by atoms with Crippen molar-refractivity contribution in [1.82, 2.24) is 15.1 Å². The second-order valence-corrected chi connectivity index (χ2v) is 4.17. The van der Waals surface area contributed by atoms with Gasteiger partial charge in [0.2, 0.25) is 0 Å². The van der Waals surface area contributed by atoms with Crippen LogP contribution in [0.2, 0.25) is 0 Å². The van der Waals surface area contributed by atoms with E-state index in [1.165, 1.54) is 18.5 Å². The molecule has 4 heteroatoms. The minimum Gasteiger partial charge on any atom is -0.392 e. The van der Waals surface area contributed by atoms with E-state index in [-0.39, 0.29) is 6.10 Å². The van der Waals surface area contributed by atoms with E-state index in [1.54, 1.807) is 0 Å². The molecule has 1 unspecified atom stereocenters. The zero-order chi connectivity index (χ0) is 10.7. The van der Waals surface area contributed by atoms with Crippen LogP contribution in [-0.2, 0) is 13.1 Å². The summed E-state index contributed by atoms with van der Waals surface area (Å²) in [6.45, 7) is 4.46. The van der Waals surface area contributed by atoms with Gasteiger partial charge in [0, 0.05) is 25.8 Å². The van der Waals surface area contributed by atoms with Crippen molar-refractivity contribution in [2.45, 2.75) is 39.0 Å². The van der Waals surface area contributed by atoms with Crippen LogP contribution in [0.5, 0.6) is 0 Å². The van der Waals surface area contributed by atoms with Crippen LogP contribution in [0.4, 0.5) is 0 Å². The molecule has 0 saturated heterocycles. The molecular formula is C11H19N3O. The van der Waals surface area contributed by atoms with Crippen molar-refractivity contribution in [3.8, 4) is 0 Å². The predicted octanol–water partition coefficient (Wildman–Crippen LogP) is 0.763. The van der Waals surface area contributed by atoms with Crippen LogP contribution in [0, 0.1) is 5.92 Å². The summed E-state index contributed by atoms with van der Waals surface area (Å²) >= 11 is 0. The molecular weight excluding hydrogens is 190 g/mol. The normalized spacial score (nSPS) is 18.0. The second-order valence-electron chi connectivity index (χ2n) is 4.17. The van der Waals surface area contributed by atoms with Crippen LogP contribution < -0.4 is 5.32 Å². The van der Waals surface area contributed by atoms with Crippen LogP contribution in [-0.4, -0.2) is 27.5 Å². The lowest BCUT2D eigenvalue weighted by atomic mass is 10.2. The Hall–Kier alpha value is -0.870. The highest BCUT2D eigenvalue weighted by molar-refractivity contribution is 5.00. The average Bonchev–Trinajstić information content (AvgIpc) is 2.99. The third-order valence-corrected chi connectivity index (χ3v) is 2.93. The summed E-state index contributed by atoms with van der Waals surface area (Å²) in [7, 11) is 0. The minimum absolute atomic E-state index is 0.164. The molecule has 2 rings (SSSR count). The van der Waals surface area contributed by atoms with Gasteiger partial charge in [0.25, 0.3) is 0 Å². The highest BCUT2D eigenvalue weighted by Gasteiger charge is 2.29. The number of aliphatic hydroxyl groups is 1. The number of nitrogens with one attached hydrogen (secondary N) is 1. The Morgan fingerprint density at radius 3 is 3.13 bits per heavy atom. The second kappa shape index (κ2) is 4.77. The first-order valence-electron chi connectivity index (χ1n) is 5.70. The summed E-state index contributed by atoms with van der Waals surface area (Å²) in [6, 6.07) is 2.01. The lowest BCUT2D eigenvalue weighted by Crippen LogP contribution is -2.28. The largest absolute Gasteiger partial charge is 0.392 e. The lowest BCUT2D eigenvalue weighted by Gasteiger charge is -2.11. The van der Waals surface area contributed by atoms with Crippen LogP contribution in [0.1, 0.15) is 25.5 Å². The molecule has 2 N–H and O–H groups in total. The molecule has 1 saturated carbocycles. The van der Waals surface area contributed by atoms with Gasteiger partial charge in [-0.1, -0.05) is 0 Å². The molecule has 4 nitrogen and oxygen atoms in total. The first-order valence-corrected chi connectivity index (χ1v) is 5.70. The Balaban J connectivity index is 1.72. The summed E-state index contributed by atoms with van der Waals surface area (Å²) in [6.07, 6.45) is 4.03. The Morgan fingerprint density at radius 1 is 1.67 bits per heavy atom. The fraction of sp³-hybridized carbons (Fsp3) is 0.727. The van der Waals surface area contributed by atoms with Gasteiger partial charge in [0.05, 0.1) is 11.8 Å². The molecule has 1 atom stereocenters. The SMILES string of the molecule is CCn1nccc1CNCC(O)C1CC1. The molecule has 0 aliphatic heterocycles. The van der Waals surface area contributed by atoms with Crippen LogP contribution in [0.15, 0.2) is 12.3 Å². The highest BCUT2D eigenvalue weighted by atomic mass is 16.3. The van der Waals surface area contributed by atoms with Gasteiger partial charge in [-0.3, -0.25) is 4.68 Å². The van der Waals surface area contributed by atoms with Gasteiger partial charge in [0.15, 0.2) is 0 Å². The van der Waals surface area contributed by atoms with Crippen LogP contribution in [0.25, 0.3) is 0 Å². The third-order valence-electron chi connectivity index (χ3n) is 2.93. The zero-order valence-corrected chi connectivity index (χ0v) is 9.19. The van der Waals surface area contributed by atoms with E-state index in [9.17, 15) is 5.11 Å². The third kappa shape index (κ3) is 2.79. The number of aryl methyl sites for hydroxylation is 1. The lowest BCUT2D eigenvalue weighted by molar-refractivity contribution is 0.148. The van der Waals surface area contributed by atoms with Gasteiger partial charge in [0.1, 0.15) is 0 Å². The molecule has 1 aliphatic rings. The number of aromatic nitrogens is 2. The van der Waals surface area contributed by atoms with Gasteiger partial charge >= 0.3 is 0 Å². The number of hydrogen-bond donors (Lipinski definition) is 2. The van der Waals surface area contributed by atoms with Crippen molar-refractivity contribution >= 4 is 0 Å². The van der Waals surface area contributed by atoms with E-state index < -0.39 is 0 Å². The first-order chi connectivity index (χ1) is 7.31. The molecule has 1 aliphatic carbocycles. The first kappa shape index (κ1) is 10.6. The van der Waals surface area contributed by atoms with E-state index >= 15 is 0 Å². The Labute approximate surface area is 90.3 Å². The molecule has 0 radical (unpaired) electrons. The molecule has 0 aromatic carbocycles. The van der Waals surface area contributed by atoms with E-state index in [4.69, 9.17) is 0 Å². The Kier molecular flexibility index (Phi) is 3.38. The monoisotopic (exact) mass is 209 g/mol. The molecule has 15 heavy (non-hydrogen) atoms. The van der Waals surface area contributed by atoms with E-state index in [2.05, 4.69) is 17.3 Å². The number of rotatable bonds is 6. The van der Waals surface area contributed by atoms with Crippen molar-refractivity contribution in [3.05, 3.63) is 18.0 Å². The van der Waals surface area contributed by atoms with Gasteiger partial charge in [-0.05, 0) is 31.7 Å². The van der Waals surface area contributed by atoms with E-state index in [0.29, 0.717) is 12.5 Å². The number of aliphatic hydroxyl groups excluding tert-OH is 1. The van der Waals surface area contributed by atoms with Gasteiger partial charge in [-0.25, -0.2) is 0 Å². The Bertz CT molecular complexity index is 307. The molecule has 84 valence electrons. The van der Waals surface area contributed by atoms with Crippen molar-refractivity contribution < 1.29 is 5.11 Å². The van der Waals surface area contributed by atoms with Gasteiger partial charge < -0.3 is 10.4 Å². The quantitative estimate of drug-likeness (QED) is 0.727. The average molecular weight is 209 g/mol. The minimum atomic E-state index is -0.164. The van der Waals surface area contributed by atoms with Crippen LogP contribution >= 0.6 is 0 Å². The number of hydrogen-bond acceptors (Lipinski definition) is 3. The van der Waals surface area contributed by atoms with Crippen LogP contribution in [0.3, 0.4) is 0 Å². The van der Waals surface area contributed by atoms with Crippen molar-refractivity contribution in [1.29, 1.82) is 0 Å². The number of nitrogens with zero attached hydrogens (tertiary/aromatic N) is 2. The van der Waals surface area contributed by atoms with Crippen molar-refractivity contribution in [3.63, 3.8) is 0 Å². The summed E-state index contributed by atoms with van der Waals surface area (Å²) in [4.78, 5) is 0. The molecule has 1 aromatic heterocycles. The summed E-state index contributed by atoms with van der Waals surface area (Å²) in [5, 5.41) is 17.1. The highest BCUT2D eigenvalue weighted by Crippen LogP contribution is 2.32. The van der Waals surface area contributed by atoms with E-state index in [0.717, 1.165) is 13.1 Å². The van der Waals surface area contributed by atoms with E-state index in [1.807, 2.05) is 16.9 Å². The van der Waals surface area contributed by atoms with Gasteiger partial charge in [-0.2, -0.15) is 5.10 Å². The Morgan fingerprint density at radius 2 is 2.47 bits per heavy atom. The topological polar surface area (TPSA) is 50.1 Å². The molecule has 0 spiro atoms. The fourth-order valence-corrected chi connectivity index (χ4v) is 1.79. The summed E-state index contributed by atoms with van der Waals surface area (Å²) in [5.74, 6) is 0.550. The molecule has 0 bridgehead atoms. The fourth-order valence-electron chi connectivity index (χ4n) is 1.79. The molecule has 1 aromatic rings. The maximum Gasteiger partial charge on any atom is 0.0692 e. The maximum atomic E-state index is 9.66. The molecule has 0 amide bonds. The standard InChI is InChI=1S/C11H19N3O/c1-2-14-10(5-6-13-14)7-12-8-11(15)9-3-4-9/h5-6,9,11-12,15H,2-4,7-8H2,1H3. The van der Waals surface area contributed by atoms with Crippen molar-refractivity contribution in [2.24, 2.45) is 5.92 Å².